The Kier molecular flexibility index (Phi) is 5.72. The maximum atomic E-state index is 12.4. The predicted molar refractivity (Wildman–Crippen MR) is 81.5 cm³/mol. The molecular weight excluding hydrogens is 292 g/mol. The first-order valence-corrected chi connectivity index (χ1v) is 7.03. The standard InChI is InChI=1S/C15H21ClN2O3/c1-15(2,3)11-8-10(9-12(16)17-11)14(20)18(4)7-6-13(19)21-5/h8-9H,6-7H2,1-5H3. The Bertz CT molecular complexity index is 538. The molecule has 0 saturated carbocycles. The number of halogens is 1. The SMILES string of the molecule is COC(=O)CCN(C)C(=O)c1cc(Cl)nc(C(C)(C)C)c1. The van der Waals surface area contributed by atoms with Gasteiger partial charge < -0.3 is 9.64 Å². The third kappa shape index (κ3) is 5.01. The van der Waals surface area contributed by atoms with Gasteiger partial charge in [0, 0.05) is 30.3 Å². The molecule has 0 bridgehead atoms. The van der Waals surface area contributed by atoms with Crippen LogP contribution in [0.2, 0.25) is 5.15 Å². The molecule has 1 heterocycles. The summed E-state index contributed by atoms with van der Waals surface area (Å²) in [4.78, 5) is 29.2. The number of methoxy groups -OCH3 is 1. The van der Waals surface area contributed by atoms with Crippen LogP contribution in [0.25, 0.3) is 0 Å². The molecule has 116 valence electrons. The monoisotopic (exact) mass is 312 g/mol. The van der Waals surface area contributed by atoms with Gasteiger partial charge in [0.2, 0.25) is 0 Å². The molecule has 0 saturated heterocycles. The molecule has 1 aromatic heterocycles. The van der Waals surface area contributed by atoms with Gasteiger partial charge in [-0.3, -0.25) is 9.59 Å². The minimum absolute atomic E-state index is 0.156. The molecular formula is C15H21ClN2O3. The number of nitrogens with zero attached hydrogens (tertiary/aromatic N) is 2. The van der Waals surface area contributed by atoms with Crippen LogP contribution in [0.4, 0.5) is 0 Å². The lowest BCUT2D eigenvalue weighted by atomic mass is 9.91. The van der Waals surface area contributed by atoms with E-state index in [2.05, 4.69) is 9.72 Å². The Morgan fingerprint density at radius 3 is 2.48 bits per heavy atom. The number of carbonyl (C=O) groups excluding carboxylic acids is 2. The maximum absolute atomic E-state index is 12.4. The fourth-order valence-electron chi connectivity index (χ4n) is 1.69. The first-order chi connectivity index (χ1) is 9.65. The summed E-state index contributed by atoms with van der Waals surface area (Å²) in [5.74, 6) is -0.550. The van der Waals surface area contributed by atoms with E-state index in [-0.39, 0.29) is 35.4 Å². The second-order valence-corrected chi connectivity index (χ2v) is 6.25. The van der Waals surface area contributed by atoms with Crippen LogP contribution in [0.15, 0.2) is 12.1 Å². The van der Waals surface area contributed by atoms with E-state index in [1.807, 2.05) is 20.8 Å². The highest BCUT2D eigenvalue weighted by molar-refractivity contribution is 6.29. The first-order valence-electron chi connectivity index (χ1n) is 6.65. The van der Waals surface area contributed by atoms with Crippen molar-refractivity contribution < 1.29 is 14.3 Å². The van der Waals surface area contributed by atoms with Gasteiger partial charge in [-0.05, 0) is 12.1 Å². The van der Waals surface area contributed by atoms with Crippen LogP contribution in [0, 0.1) is 0 Å². The zero-order valence-corrected chi connectivity index (χ0v) is 13.8. The minimum Gasteiger partial charge on any atom is -0.469 e. The number of pyridine rings is 1. The molecule has 1 rings (SSSR count). The molecule has 0 unspecified atom stereocenters. The van der Waals surface area contributed by atoms with Crippen LogP contribution in [-0.4, -0.2) is 42.5 Å². The van der Waals surface area contributed by atoms with Gasteiger partial charge in [0.1, 0.15) is 5.15 Å². The summed E-state index contributed by atoms with van der Waals surface area (Å²) < 4.78 is 4.56. The van der Waals surface area contributed by atoms with Crippen LogP contribution < -0.4 is 0 Å². The van der Waals surface area contributed by atoms with Crippen molar-refractivity contribution in [1.29, 1.82) is 0 Å². The van der Waals surface area contributed by atoms with E-state index in [0.29, 0.717) is 5.56 Å². The number of hydrogen-bond acceptors (Lipinski definition) is 4. The van der Waals surface area contributed by atoms with Crippen molar-refractivity contribution in [3.8, 4) is 0 Å². The number of rotatable bonds is 4. The molecule has 0 aliphatic carbocycles. The summed E-state index contributed by atoms with van der Waals surface area (Å²) in [6.07, 6.45) is 0.156. The van der Waals surface area contributed by atoms with Crippen LogP contribution >= 0.6 is 11.6 Å². The van der Waals surface area contributed by atoms with E-state index in [9.17, 15) is 9.59 Å². The van der Waals surface area contributed by atoms with Gasteiger partial charge in [0.25, 0.3) is 5.91 Å². The molecule has 6 heteroatoms. The molecule has 0 spiro atoms. The number of aromatic nitrogens is 1. The predicted octanol–water partition coefficient (Wildman–Crippen LogP) is 2.67. The molecule has 0 aliphatic heterocycles. The van der Waals surface area contributed by atoms with Gasteiger partial charge in [0.05, 0.1) is 13.5 Å². The summed E-state index contributed by atoms with van der Waals surface area (Å²) >= 11 is 6.00. The minimum atomic E-state index is -0.349. The first kappa shape index (κ1) is 17.4. The summed E-state index contributed by atoms with van der Waals surface area (Å²) in [6.45, 7) is 6.29. The lowest BCUT2D eigenvalue weighted by molar-refractivity contribution is -0.140. The van der Waals surface area contributed by atoms with E-state index in [0.717, 1.165) is 5.69 Å². The topological polar surface area (TPSA) is 59.5 Å². The molecule has 1 amide bonds. The summed E-state index contributed by atoms with van der Waals surface area (Å²) in [6, 6.07) is 3.27. The number of amides is 1. The van der Waals surface area contributed by atoms with Gasteiger partial charge in [-0.15, -0.1) is 0 Å². The second kappa shape index (κ2) is 6.89. The molecule has 0 radical (unpaired) electrons. The lowest BCUT2D eigenvalue weighted by Crippen LogP contribution is -2.29. The average Bonchev–Trinajstić information content (AvgIpc) is 2.41. The fourth-order valence-corrected chi connectivity index (χ4v) is 1.90. The zero-order valence-electron chi connectivity index (χ0n) is 13.1. The molecule has 21 heavy (non-hydrogen) atoms. The molecule has 0 aliphatic rings. The third-order valence-corrected chi connectivity index (χ3v) is 3.23. The maximum Gasteiger partial charge on any atom is 0.307 e. The van der Waals surface area contributed by atoms with E-state index in [1.54, 1.807) is 13.1 Å². The van der Waals surface area contributed by atoms with Crippen molar-refractivity contribution in [1.82, 2.24) is 9.88 Å². The fraction of sp³-hybridized carbons (Fsp3) is 0.533. The smallest absolute Gasteiger partial charge is 0.307 e. The Balaban J connectivity index is 2.92. The van der Waals surface area contributed by atoms with E-state index in [1.165, 1.54) is 18.1 Å². The number of carbonyl (C=O) groups is 2. The molecule has 0 fully saturated rings. The van der Waals surface area contributed by atoms with Gasteiger partial charge in [0.15, 0.2) is 0 Å². The second-order valence-electron chi connectivity index (χ2n) is 5.87. The molecule has 0 aromatic carbocycles. The number of ether oxygens (including phenoxy) is 1. The highest BCUT2D eigenvalue weighted by Crippen LogP contribution is 2.23. The Hall–Kier alpha value is -1.62. The Morgan fingerprint density at radius 1 is 1.33 bits per heavy atom. The van der Waals surface area contributed by atoms with Crippen molar-refractivity contribution in [2.75, 3.05) is 20.7 Å². The number of hydrogen-bond donors (Lipinski definition) is 0. The normalized spacial score (nSPS) is 11.1. The van der Waals surface area contributed by atoms with Crippen molar-refractivity contribution >= 4 is 23.5 Å². The van der Waals surface area contributed by atoms with Gasteiger partial charge in [-0.25, -0.2) is 4.98 Å². The van der Waals surface area contributed by atoms with Crippen molar-refractivity contribution in [3.05, 3.63) is 28.5 Å². The lowest BCUT2D eigenvalue weighted by Gasteiger charge is -2.21. The van der Waals surface area contributed by atoms with E-state index >= 15 is 0 Å². The summed E-state index contributed by atoms with van der Waals surface area (Å²) in [7, 11) is 2.96. The summed E-state index contributed by atoms with van der Waals surface area (Å²) in [5, 5.41) is 0.284. The molecule has 5 nitrogen and oxygen atoms in total. The Morgan fingerprint density at radius 2 is 1.95 bits per heavy atom. The molecule has 1 aromatic rings. The highest BCUT2D eigenvalue weighted by atomic mass is 35.5. The van der Waals surface area contributed by atoms with Crippen LogP contribution in [0.5, 0.6) is 0 Å². The van der Waals surface area contributed by atoms with Gasteiger partial charge in [-0.1, -0.05) is 32.4 Å². The summed E-state index contributed by atoms with van der Waals surface area (Å²) in [5.41, 5.74) is 1.01. The van der Waals surface area contributed by atoms with Crippen LogP contribution in [0.1, 0.15) is 43.2 Å². The quantitative estimate of drug-likeness (QED) is 0.633. The van der Waals surface area contributed by atoms with Crippen LogP contribution in [0.3, 0.4) is 0 Å². The van der Waals surface area contributed by atoms with Gasteiger partial charge >= 0.3 is 5.97 Å². The zero-order chi connectivity index (χ0) is 16.2. The average molecular weight is 313 g/mol. The molecule has 0 atom stereocenters. The van der Waals surface area contributed by atoms with E-state index < -0.39 is 0 Å². The van der Waals surface area contributed by atoms with E-state index in [4.69, 9.17) is 11.6 Å². The van der Waals surface area contributed by atoms with Crippen molar-refractivity contribution in [2.45, 2.75) is 32.6 Å². The third-order valence-electron chi connectivity index (χ3n) is 3.04. The molecule has 0 N–H and O–H groups in total. The Labute approximate surface area is 130 Å². The number of esters is 1. The van der Waals surface area contributed by atoms with Crippen molar-refractivity contribution in [3.63, 3.8) is 0 Å². The highest BCUT2D eigenvalue weighted by Gasteiger charge is 2.20. The van der Waals surface area contributed by atoms with Crippen LogP contribution in [-0.2, 0) is 14.9 Å². The van der Waals surface area contributed by atoms with Gasteiger partial charge in [-0.2, -0.15) is 0 Å². The van der Waals surface area contributed by atoms with Crippen molar-refractivity contribution in [2.24, 2.45) is 0 Å². The largest absolute Gasteiger partial charge is 0.469 e.